The summed E-state index contributed by atoms with van der Waals surface area (Å²) in [6.45, 7) is 6.18. The van der Waals surface area contributed by atoms with E-state index in [2.05, 4.69) is 0 Å². The zero-order valence-corrected chi connectivity index (χ0v) is 13.2. The fourth-order valence-electron chi connectivity index (χ4n) is 2.36. The van der Waals surface area contributed by atoms with E-state index < -0.39 is 23.5 Å². The second kappa shape index (κ2) is 8.28. The van der Waals surface area contributed by atoms with Crippen LogP contribution in [-0.4, -0.2) is 29.7 Å². The molecule has 0 aliphatic rings. The molecule has 1 aromatic carbocycles. The monoisotopic (exact) mass is 304 g/mol. The molecular formula is C17H21FN2O2. The summed E-state index contributed by atoms with van der Waals surface area (Å²) in [7, 11) is 0. The Morgan fingerprint density at radius 1 is 1.32 bits per heavy atom. The third-order valence-corrected chi connectivity index (χ3v) is 3.65. The van der Waals surface area contributed by atoms with Crippen LogP contribution in [0.2, 0.25) is 0 Å². The van der Waals surface area contributed by atoms with Crippen LogP contribution < -0.4 is 0 Å². The minimum atomic E-state index is -1.29. The summed E-state index contributed by atoms with van der Waals surface area (Å²) < 4.78 is 13.2. The lowest BCUT2D eigenvalue weighted by Crippen LogP contribution is -2.40. The summed E-state index contributed by atoms with van der Waals surface area (Å²) in [5, 5.41) is 9.19. The van der Waals surface area contributed by atoms with Crippen LogP contribution in [0.3, 0.4) is 0 Å². The highest BCUT2D eigenvalue weighted by Gasteiger charge is 2.32. The zero-order valence-electron chi connectivity index (χ0n) is 13.2. The van der Waals surface area contributed by atoms with Crippen molar-refractivity contribution in [2.75, 3.05) is 13.1 Å². The number of rotatable bonds is 7. The van der Waals surface area contributed by atoms with Gasteiger partial charge in [0.15, 0.2) is 11.7 Å². The molecule has 4 nitrogen and oxygen atoms in total. The summed E-state index contributed by atoms with van der Waals surface area (Å²) in [4.78, 5) is 26.1. The topological polar surface area (TPSA) is 61.2 Å². The van der Waals surface area contributed by atoms with Crippen LogP contribution in [0.15, 0.2) is 24.3 Å². The third-order valence-electron chi connectivity index (χ3n) is 3.65. The van der Waals surface area contributed by atoms with Gasteiger partial charge in [-0.2, -0.15) is 5.26 Å². The first-order valence-electron chi connectivity index (χ1n) is 7.41. The summed E-state index contributed by atoms with van der Waals surface area (Å²) in [5.41, 5.74) is 0.674. The minimum Gasteiger partial charge on any atom is -0.342 e. The van der Waals surface area contributed by atoms with Crippen molar-refractivity contribution in [2.24, 2.45) is 11.8 Å². The summed E-state index contributed by atoms with van der Waals surface area (Å²) >= 11 is 0. The lowest BCUT2D eigenvalue weighted by molar-refractivity contribution is -0.140. The van der Waals surface area contributed by atoms with Crippen molar-refractivity contribution in [3.8, 4) is 6.07 Å². The van der Waals surface area contributed by atoms with Gasteiger partial charge in [-0.05, 0) is 38.0 Å². The Morgan fingerprint density at radius 2 is 1.95 bits per heavy atom. The maximum absolute atomic E-state index is 13.2. The maximum Gasteiger partial charge on any atom is 0.247 e. The quantitative estimate of drug-likeness (QED) is 0.727. The smallest absolute Gasteiger partial charge is 0.247 e. The average Bonchev–Trinajstić information content (AvgIpc) is 2.49. The van der Waals surface area contributed by atoms with E-state index in [1.54, 1.807) is 32.9 Å². The summed E-state index contributed by atoms with van der Waals surface area (Å²) in [6, 6.07) is 7.80. The third kappa shape index (κ3) is 4.39. The second-order valence-electron chi connectivity index (χ2n) is 5.21. The zero-order chi connectivity index (χ0) is 16.7. The molecule has 2 atom stereocenters. The molecule has 1 amide bonds. The van der Waals surface area contributed by atoms with E-state index in [-0.39, 0.29) is 5.82 Å². The van der Waals surface area contributed by atoms with E-state index in [1.807, 2.05) is 6.07 Å². The lowest BCUT2D eigenvalue weighted by Gasteiger charge is -2.22. The number of Topliss-reactive ketones (excluding diaryl/α,β-unsaturated/α-hetero) is 1. The molecule has 0 saturated heterocycles. The van der Waals surface area contributed by atoms with Gasteiger partial charge < -0.3 is 4.90 Å². The van der Waals surface area contributed by atoms with Crippen LogP contribution in [0.5, 0.6) is 0 Å². The lowest BCUT2D eigenvalue weighted by atomic mass is 9.89. The standard InChI is InChI=1S/C17H21FN2O2/c1-4-20(5-2)17(22)15(11-19)16(21)12(3)9-13-7-6-8-14(18)10-13/h6-8,10,12,15H,4-5,9H2,1-3H3. The van der Waals surface area contributed by atoms with Gasteiger partial charge in [0.1, 0.15) is 5.82 Å². The van der Waals surface area contributed by atoms with Crippen molar-refractivity contribution in [3.63, 3.8) is 0 Å². The number of halogens is 1. The Morgan fingerprint density at radius 3 is 2.45 bits per heavy atom. The number of benzene rings is 1. The Bertz CT molecular complexity index is 576. The molecule has 2 unspecified atom stereocenters. The van der Waals surface area contributed by atoms with E-state index in [1.165, 1.54) is 17.0 Å². The van der Waals surface area contributed by atoms with Crippen LogP contribution in [0.4, 0.5) is 4.39 Å². The van der Waals surface area contributed by atoms with Crippen LogP contribution in [0.25, 0.3) is 0 Å². The van der Waals surface area contributed by atoms with E-state index in [9.17, 15) is 19.2 Å². The fourth-order valence-corrected chi connectivity index (χ4v) is 2.36. The number of carbonyl (C=O) groups is 2. The molecule has 0 fully saturated rings. The van der Waals surface area contributed by atoms with Crippen LogP contribution >= 0.6 is 0 Å². The Balaban J connectivity index is 2.83. The minimum absolute atomic E-state index is 0.306. The number of hydrogen-bond acceptors (Lipinski definition) is 3. The second-order valence-corrected chi connectivity index (χ2v) is 5.21. The number of hydrogen-bond donors (Lipinski definition) is 0. The van der Waals surface area contributed by atoms with Gasteiger partial charge in [0.25, 0.3) is 0 Å². The van der Waals surface area contributed by atoms with Gasteiger partial charge in [-0.3, -0.25) is 9.59 Å². The van der Waals surface area contributed by atoms with Crippen molar-refractivity contribution in [3.05, 3.63) is 35.6 Å². The van der Waals surface area contributed by atoms with Gasteiger partial charge in [0, 0.05) is 19.0 Å². The normalized spacial score (nSPS) is 13.0. The van der Waals surface area contributed by atoms with Crippen LogP contribution in [0, 0.1) is 29.0 Å². The van der Waals surface area contributed by atoms with Crippen LogP contribution in [-0.2, 0) is 16.0 Å². The predicted octanol–water partition coefficient (Wildman–Crippen LogP) is 2.58. The first-order valence-corrected chi connectivity index (χ1v) is 7.41. The summed E-state index contributed by atoms with van der Waals surface area (Å²) in [5.74, 6) is -3.05. The highest BCUT2D eigenvalue weighted by atomic mass is 19.1. The van der Waals surface area contributed by atoms with E-state index in [0.717, 1.165) is 0 Å². The van der Waals surface area contributed by atoms with Crippen molar-refractivity contribution in [1.82, 2.24) is 4.90 Å². The molecule has 0 N–H and O–H groups in total. The SMILES string of the molecule is CCN(CC)C(=O)C(C#N)C(=O)C(C)Cc1cccc(F)c1. The molecule has 118 valence electrons. The molecule has 0 bridgehead atoms. The van der Waals surface area contributed by atoms with Crippen molar-refractivity contribution in [1.29, 1.82) is 5.26 Å². The maximum atomic E-state index is 13.2. The van der Waals surface area contributed by atoms with Gasteiger partial charge in [-0.15, -0.1) is 0 Å². The largest absolute Gasteiger partial charge is 0.342 e. The molecular weight excluding hydrogens is 283 g/mol. The molecule has 0 radical (unpaired) electrons. The van der Waals surface area contributed by atoms with Crippen molar-refractivity contribution in [2.45, 2.75) is 27.2 Å². The molecule has 0 aliphatic carbocycles. The van der Waals surface area contributed by atoms with Crippen molar-refractivity contribution >= 4 is 11.7 Å². The van der Waals surface area contributed by atoms with Gasteiger partial charge in [0.05, 0.1) is 6.07 Å². The number of amides is 1. The van der Waals surface area contributed by atoms with Gasteiger partial charge in [-0.25, -0.2) is 4.39 Å². The molecule has 5 heteroatoms. The summed E-state index contributed by atoms with van der Waals surface area (Å²) in [6.07, 6.45) is 0.306. The van der Waals surface area contributed by atoms with E-state index in [4.69, 9.17) is 0 Å². The van der Waals surface area contributed by atoms with Crippen LogP contribution in [0.1, 0.15) is 26.3 Å². The predicted molar refractivity (Wildman–Crippen MR) is 81.3 cm³/mol. The van der Waals surface area contributed by atoms with Gasteiger partial charge in [0.2, 0.25) is 5.91 Å². The Labute approximate surface area is 130 Å². The molecule has 0 aromatic heterocycles. The molecule has 0 saturated carbocycles. The molecule has 1 rings (SSSR count). The average molecular weight is 304 g/mol. The molecule has 1 aromatic rings. The fraction of sp³-hybridized carbons (Fsp3) is 0.471. The molecule has 0 aliphatic heterocycles. The molecule has 0 heterocycles. The van der Waals surface area contributed by atoms with Gasteiger partial charge in [-0.1, -0.05) is 19.1 Å². The molecule has 22 heavy (non-hydrogen) atoms. The highest BCUT2D eigenvalue weighted by molar-refractivity contribution is 6.04. The number of ketones is 1. The number of carbonyl (C=O) groups excluding carboxylic acids is 2. The Hall–Kier alpha value is -2.22. The van der Waals surface area contributed by atoms with Gasteiger partial charge >= 0.3 is 0 Å². The number of nitriles is 1. The first-order chi connectivity index (χ1) is 10.4. The first kappa shape index (κ1) is 17.8. The molecule has 0 spiro atoms. The van der Waals surface area contributed by atoms with E-state index in [0.29, 0.717) is 25.1 Å². The highest BCUT2D eigenvalue weighted by Crippen LogP contribution is 2.16. The Kier molecular flexibility index (Phi) is 6.71. The van der Waals surface area contributed by atoms with Crippen molar-refractivity contribution < 1.29 is 14.0 Å². The number of nitrogens with zero attached hydrogens (tertiary/aromatic N) is 2. The van der Waals surface area contributed by atoms with E-state index >= 15 is 0 Å².